The molecule has 0 saturated carbocycles. The lowest BCUT2D eigenvalue weighted by Crippen LogP contribution is -2.44. The van der Waals surface area contributed by atoms with Gasteiger partial charge in [-0.05, 0) is 54.0 Å². The summed E-state index contributed by atoms with van der Waals surface area (Å²) in [5.41, 5.74) is 2.26. The maximum atomic E-state index is 13.2. The lowest BCUT2D eigenvalue weighted by Gasteiger charge is -2.34. The number of hydrogen-bond donors (Lipinski definition) is 0. The van der Waals surface area contributed by atoms with Crippen LogP contribution in [0.4, 0.5) is 0 Å². The lowest BCUT2D eigenvalue weighted by atomic mass is 9.92. The van der Waals surface area contributed by atoms with Gasteiger partial charge in [-0.3, -0.25) is 4.79 Å². The molecule has 0 unspecified atom stereocenters. The highest BCUT2D eigenvalue weighted by molar-refractivity contribution is 7.89. The van der Waals surface area contributed by atoms with Crippen molar-refractivity contribution in [3.63, 3.8) is 0 Å². The van der Waals surface area contributed by atoms with E-state index in [9.17, 15) is 18.0 Å². The van der Waals surface area contributed by atoms with E-state index in [2.05, 4.69) is 13.8 Å². The summed E-state index contributed by atoms with van der Waals surface area (Å²) in [4.78, 5) is 26.9. The molecule has 0 radical (unpaired) electrons. The van der Waals surface area contributed by atoms with E-state index in [-0.39, 0.29) is 23.0 Å². The van der Waals surface area contributed by atoms with Crippen molar-refractivity contribution in [1.29, 1.82) is 0 Å². The Balaban J connectivity index is 1.42. The molecule has 1 fully saturated rings. The van der Waals surface area contributed by atoms with Gasteiger partial charge >= 0.3 is 5.97 Å². The van der Waals surface area contributed by atoms with E-state index in [0.717, 1.165) is 17.5 Å². The number of amides is 1. The molecule has 2 atom stereocenters. The highest BCUT2D eigenvalue weighted by Gasteiger charge is 2.29. The van der Waals surface area contributed by atoms with Crippen molar-refractivity contribution in [1.82, 2.24) is 9.21 Å². The molecule has 2 aromatic rings. The Labute approximate surface area is 195 Å². The van der Waals surface area contributed by atoms with E-state index in [1.54, 1.807) is 4.90 Å². The third-order valence-electron chi connectivity index (χ3n) is 6.35. The van der Waals surface area contributed by atoms with Crippen molar-refractivity contribution >= 4 is 21.9 Å². The minimum Gasteiger partial charge on any atom is -0.452 e. The molecule has 0 N–H and O–H groups in total. The first-order valence-electron chi connectivity index (χ1n) is 11.4. The number of piperidine rings is 1. The van der Waals surface area contributed by atoms with Gasteiger partial charge in [-0.15, -0.1) is 0 Å². The minimum atomic E-state index is -3.77. The van der Waals surface area contributed by atoms with Gasteiger partial charge in [-0.1, -0.05) is 44.2 Å². The van der Waals surface area contributed by atoms with Crippen molar-refractivity contribution in [3.8, 4) is 0 Å². The first-order valence-corrected chi connectivity index (χ1v) is 12.8. The SMILES string of the molecule is C[C@@H]1C[C@@H](C)CN(C(=O)COC(=O)c2cccc(S(=O)(=O)N3CCc4ccccc4C3)c2)C1. The number of nitrogens with zero attached hydrogens (tertiary/aromatic N) is 2. The number of likely N-dealkylation sites (tertiary alicyclic amines) is 1. The predicted molar refractivity (Wildman–Crippen MR) is 124 cm³/mol. The van der Waals surface area contributed by atoms with Crippen molar-refractivity contribution in [2.75, 3.05) is 26.2 Å². The molecular weight excluding hydrogens is 440 g/mol. The number of carbonyl (C=O) groups is 2. The average Bonchev–Trinajstić information content (AvgIpc) is 2.81. The van der Waals surface area contributed by atoms with E-state index < -0.39 is 16.0 Å². The summed E-state index contributed by atoms with van der Waals surface area (Å²) in [7, 11) is -3.77. The van der Waals surface area contributed by atoms with Gasteiger partial charge in [-0.2, -0.15) is 4.31 Å². The summed E-state index contributed by atoms with van der Waals surface area (Å²) in [5.74, 6) is -0.103. The number of esters is 1. The summed E-state index contributed by atoms with van der Waals surface area (Å²) in [6.07, 6.45) is 1.72. The van der Waals surface area contributed by atoms with Crippen LogP contribution in [-0.4, -0.2) is 55.7 Å². The normalized spacial score (nSPS) is 21.3. The number of fused-ring (bicyclic) bond motifs is 1. The summed E-state index contributed by atoms with van der Waals surface area (Å²) < 4.78 is 33.1. The fraction of sp³-hybridized carbons (Fsp3) is 0.440. The fourth-order valence-electron chi connectivity index (χ4n) is 4.78. The van der Waals surface area contributed by atoms with Crippen LogP contribution in [-0.2, 0) is 32.5 Å². The molecule has 7 nitrogen and oxygen atoms in total. The van der Waals surface area contributed by atoms with Crippen LogP contribution < -0.4 is 0 Å². The second-order valence-electron chi connectivity index (χ2n) is 9.21. The van der Waals surface area contributed by atoms with Crippen molar-refractivity contribution in [2.24, 2.45) is 11.8 Å². The van der Waals surface area contributed by atoms with Crippen LogP contribution >= 0.6 is 0 Å². The Kier molecular flexibility index (Phi) is 6.86. The molecule has 4 rings (SSSR count). The molecule has 2 aromatic carbocycles. The van der Waals surface area contributed by atoms with E-state index >= 15 is 0 Å². The Hall–Kier alpha value is -2.71. The molecule has 2 heterocycles. The topological polar surface area (TPSA) is 84.0 Å². The lowest BCUT2D eigenvalue weighted by molar-refractivity contribution is -0.137. The number of sulfonamides is 1. The summed E-state index contributed by atoms with van der Waals surface area (Å²) in [6.45, 7) is 5.87. The minimum absolute atomic E-state index is 0.0429. The fourth-order valence-corrected chi connectivity index (χ4v) is 6.24. The highest BCUT2D eigenvalue weighted by atomic mass is 32.2. The molecule has 8 heteroatoms. The van der Waals surface area contributed by atoms with Gasteiger partial charge in [-0.25, -0.2) is 13.2 Å². The molecule has 33 heavy (non-hydrogen) atoms. The van der Waals surface area contributed by atoms with Gasteiger partial charge in [0.05, 0.1) is 10.5 Å². The number of rotatable bonds is 5. The van der Waals surface area contributed by atoms with Gasteiger partial charge in [0.15, 0.2) is 6.61 Å². The first-order chi connectivity index (χ1) is 15.7. The van der Waals surface area contributed by atoms with Crippen LogP contribution in [0.2, 0.25) is 0 Å². The molecule has 0 bridgehead atoms. The van der Waals surface area contributed by atoms with Gasteiger partial charge in [0.1, 0.15) is 0 Å². The molecule has 0 spiro atoms. The van der Waals surface area contributed by atoms with Crippen LogP contribution in [0.25, 0.3) is 0 Å². The number of ether oxygens (including phenoxy) is 1. The second-order valence-corrected chi connectivity index (χ2v) is 11.1. The third kappa shape index (κ3) is 5.28. The highest BCUT2D eigenvalue weighted by Crippen LogP contribution is 2.25. The average molecular weight is 471 g/mol. The van der Waals surface area contributed by atoms with E-state index in [1.165, 1.54) is 28.6 Å². The Bertz CT molecular complexity index is 1140. The predicted octanol–water partition coefficient (Wildman–Crippen LogP) is 3.09. The first kappa shape index (κ1) is 23.4. The Morgan fingerprint density at radius 1 is 1.00 bits per heavy atom. The molecule has 0 aliphatic carbocycles. The van der Waals surface area contributed by atoms with E-state index in [4.69, 9.17) is 4.74 Å². The molecule has 1 saturated heterocycles. The summed E-state index contributed by atoms with van der Waals surface area (Å²) in [5, 5.41) is 0. The molecule has 1 amide bonds. The molecule has 0 aromatic heterocycles. The van der Waals surface area contributed by atoms with Gasteiger partial charge in [0.2, 0.25) is 10.0 Å². The Morgan fingerprint density at radius 3 is 2.42 bits per heavy atom. The number of benzene rings is 2. The van der Waals surface area contributed by atoms with Crippen LogP contribution in [0.3, 0.4) is 0 Å². The molecule has 2 aliphatic rings. The number of hydrogen-bond acceptors (Lipinski definition) is 5. The van der Waals surface area contributed by atoms with Crippen molar-refractivity contribution in [3.05, 3.63) is 65.2 Å². The van der Waals surface area contributed by atoms with Crippen LogP contribution in [0.1, 0.15) is 41.8 Å². The van der Waals surface area contributed by atoms with Crippen LogP contribution in [0, 0.1) is 11.8 Å². The zero-order chi connectivity index (χ0) is 23.6. The smallest absolute Gasteiger partial charge is 0.338 e. The van der Waals surface area contributed by atoms with Gasteiger partial charge in [0, 0.05) is 26.2 Å². The maximum Gasteiger partial charge on any atom is 0.338 e. The number of carbonyl (C=O) groups excluding carboxylic acids is 2. The van der Waals surface area contributed by atoms with E-state index in [1.807, 2.05) is 24.3 Å². The van der Waals surface area contributed by atoms with Gasteiger partial charge < -0.3 is 9.64 Å². The van der Waals surface area contributed by atoms with Gasteiger partial charge in [0.25, 0.3) is 5.91 Å². The Morgan fingerprint density at radius 2 is 1.70 bits per heavy atom. The van der Waals surface area contributed by atoms with Crippen molar-refractivity contribution < 1.29 is 22.7 Å². The summed E-state index contributed by atoms with van der Waals surface area (Å²) in [6, 6.07) is 13.6. The van der Waals surface area contributed by atoms with Crippen molar-refractivity contribution in [2.45, 2.75) is 38.1 Å². The largest absolute Gasteiger partial charge is 0.452 e. The van der Waals surface area contributed by atoms with E-state index in [0.29, 0.717) is 44.4 Å². The maximum absolute atomic E-state index is 13.2. The zero-order valence-corrected chi connectivity index (χ0v) is 19.9. The zero-order valence-electron chi connectivity index (χ0n) is 19.1. The summed E-state index contributed by atoms with van der Waals surface area (Å²) >= 11 is 0. The van der Waals surface area contributed by atoms with Crippen LogP contribution in [0.15, 0.2) is 53.4 Å². The standard InChI is InChI=1S/C25H30N2O5S/c1-18-12-19(2)15-26(14-18)24(28)17-32-25(29)21-8-5-9-23(13-21)33(30,31)27-11-10-20-6-3-4-7-22(20)16-27/h3-9,13,18-19H,10-12,14-17H2,1-2H3/t18-,19-/m1/s1. The molecule has 176 valence electrons. The molecular formula is C25H30N2O5S. The second kappa shape index (κ2) is 9.65. The van der Waals surface area contributed by atoms with Crippen LogP contribution in [0.5, 0.6) is 0 Å². The third-order valence-corrected chi connectivity index (χ3v) is 8.19. The quantitative estimate of drug-likeness (QED) is 0.627. The monoisotopic (exact) mass is 470 g/mol. The molecule has 2 aliphatic heterocycles.